The molecule has 0 radical (unpaired) electrons. The SMILES string of the molecule is COc1cc(OC)cc(-c2ccc(OC(C)C)c(C#N)c2)c1. The maximum Gasteiger partial charge on any atom is 0.137 e. The maximum atomic E-state index is 9.32. The maximum absolute atomic E-state index is 9.32. The molecule has 0 amide bonds. The number of nitriles is 1. The largest absolute Gasteiger partial charge is 0.497 e. The summed E-state index contributed by atoms with van der Waals surface area (Å²) in [5, 5.41) is 9.32. The molecule has 4 heteroatoms. The number of benzene rings is 2. The van der Waals surface area contributed by atoms with Crippen molar-refractivity contribution in [2.24, 2.45) is 0 Å². The average Bonchev–Trinajstić information content (AvgIpc) is 2.54. The van der Waals surface area contributed by atoms with E-state index in [2.05, 4.69) is 6.07 Å². The van der Waals surface area contributed by atoms with E-state index in [-0.39, 0.29) is 6.10 Å². The molecule has 0 N–H and O–H groups in total. The van der Waals surface area contributed by atoms with Crippen molar-refractivity contribution in [2.75, 3.05) is 14.2 Å². The lowest BCUT2D eigenvalue weighted by molar-refractivity contribution is 0.242. The molecule has 4 nitrogen and oxygen atoms in total. The molecule has 2 aromatic carbocycles. The molecule has 0 aliphatic carbocycles. The summed E-state index contributed by atoms with van der Waals surface area (Å²) in [4.78, 5) is 0. The first-order valence-corrected chi connectivity index (χ1v) is 7.01. The summed E-state index contributed by atoms with van der Waals surface area (Å²) in [7, 11) is 3.22. The Labute approximate surface area is 130 Å². The van der Waals surface area contributed by atoms with Crippen LogP contribution in [0.25, 0.3) is 11.1 Å². The lowest BCUT2D eigenvalue weighted by Crippen LogP contribution is -2.06. The lowest BCUT2D eigenvalue weighted by Gasteiger charge is -2.13. The topological polar surface area (TPSA) is 51.5 Å². The first kappa shape index (κ1) is 15.7. The molecule has 0 spiro atoms. The highest BCUT2D eigenvalue weighted by Gasteiger charge is 2.10. The van der Waals surface area contributed by atoms with E-state index in [0.717, 1.165) is 11.1 Å². The molecular formula is C18H19NO3. The second kappa shape index (κ2) is 6.86. The van der Waals surface area contributed by atoms with Gasteiger partial charge in [0, 0.05) is 6.07 Å². The van der Waals surface area contributed by atoms with Crippen molar-refractivity contribution < 1.29 is 14.2 Å². The molecule has 2 rings (SSSR count). The van der Waals surface area contributed by atoms with Gasteiger partial charge in [0.2, 0.25) is 0 Å². The van der Waals surface area contributed by atoms with Gasteiger partial charge in [0.05, 0.1) is 25.9 Å². The molecule has 0 fully saturated rings. The lowest BCUT2D eigenvalue weighted by atomic mass is 10.0. The van der Waals surface area contributed by atoms with E-state index >= 15 is 0 Å². The van der Waals surface area contributed by atoms with Gasteiger partial charge in [0.25, 0.3) is 0 Å². The molecule has 0 atom stereocenters. The Hall–Kier alpha value is -2.67. The summed E-state index contributed by atoms with van der Waals surface area (Å²) in [5.41, 5.74) is 2.33. The fraction of sp³-hybridized carbons (Fsp3) is 0.278. The van der Waals surface area contributed by atoms with Crippen LogP contribution in [-0.4, -0.2) is 20.3 Å². The highest BCUT2D eigenvalue weighted by Crippen LogP contribution is 2.32. The third kappa shape index (κ3) is 3.50. The van der Waals surface area contributed by atoms with Crippen molar-refractivity contribution in [2.45, 2.75) is 20.0 Å². The van der Waals surface area contributed by atoms with E-state index in [9.17, 15) is 5.26 Å². The van der Waals surface area contributed by atoms with E-state index in [1.54, 1.807) is 14.2 Å². The molecule has 22 heavy (non-hydrogen) atoms. The van der Waals surface area contributed by atoms with Gasteiger partial charge >= 0.3 is 0 Å². The summed E-state index contributed by atoms with van der Waals surface area (Å²) in [6, 6.07) is 13.4. The predicted octanol–water partition coefficient (Wildman–Crippen LogP) is 4.03. The van der Waals surface area contributed by atoms with Crippen LogP contribution >= 0.6 is 0 Å². The number of hydrogen-bond donors (Lipinski definition) is 0. The van der Waals surface area contributed by atoms with Crippen LogP contribution in [0, 0.1) is 11.3 Å². The molecule has 114 valence electrons. The van der Waals surface area contributed by atoms with Gasteiger partial charge < -0.3 is 14.2 Å². The Morgan fingerprint density at radius 2 is 1.55 bits per heavy atom. The van der Waals surface area contributed by atoms with Gasteiger partial charge in [-0.2, -0.15) is 5.26 Å². The van der Waals surface area contributed by atoms with Crippen LogP contribution in [0.2, 0.25) is 0 Å². The van der Waals surface area contributed by atoms with Crippen molar-refractivity contribution in [3.63, 3.8) is 0 Å². The molecule has 0 aliphatic rings. The van der Waals surface area contributed by atoms with E-state index in [1.165, 1.54) is 0 Å². The first-order chi connectivity index (χ1) is 10.6. The molecule has 0 bridgehead atoms. The zero-order valence-electron chi connectivity index (χ0n) is 13.2. The summed E-state index contributed by atoms with van der Waals surface area (Å²) in [5.74, 6) is 2.00. The zero-order valence-corrected chi connectivity index (χ0v) is 13.2. The monoisotopic (exact) mass is 297 g/mol. The highest BCUT2D eigenvalue weighted by atomic mass is 16.5. The van der Waals surface area contributed by atoms with Crippen LogP contribution in [0.5, 0.6) is 17.2 Å². The number of methoxy groups -OCH3 is 2. The standard InChI is InChI=1S/C18H19NO3/c1-12(2)22-18-6-5-13(7-15(18)11-19)14-8-16(20-3)10-17(9-14)21-4/h5-10,12H,1-4H3. The van der Waals surface area contributed by atoms with Crippen LogP contribution < -0.4 is 14.2 Å². The summed E-state index contributed by atoms with van der Waals surface area (Å²) in [6.07, 6.45) is 0.0230. The van der Waals surface area contributed by atoms with Gasteiger partial charge in [0.15, 0.2) is 0 Å². The van der Waals surface area contributed by atoms with Crippen molar-refractivity contribution in [1.82, 2.24) is 0 Å². The molecular weight excluding hydrogens is 278 g/mol. The van der Waals surface area contributed by atoms with Crippen molar-refractivity contribution in [3.05, 3.63) is 42.0 Å². The van der Waals surface area contributed by atoms with E-state index in [4.69, 9.17) is 14.2 Å². The molecule has 0 aliphatic heterocycles. The van der Waals surface area contributed by atoms with Crippen LogP contribution in [0.4, 0.5) is 0 Å². The van der Waals surface area contributed by atoms with Crippen LogP contribution in [0.1, 0.15) is 19.4 Å². The first-order valence-electron chi connectivity index (χ1n) is 7.01. The van der Waals surface area contributed by atoms with Gasteiger partial charge in [-0.25, -0.2) is 0 Å². The minimum atomic E-state index is 0.0230. The fourth-order valence-corrected chi connectivity index (χ4v) is 2.13. The van der Waals surface area contributed by atoms with E-state index in [0.29, 0.717) is 22.8 Å². The van der Waals surface area contributed by atoms with Gasteiger partial charge in [-0.1, -0.05) is 6.07 Å². The van der Waals surface area contributed by atoms with Crippen LogP contribution in [-0.2, 0) is 0 Å². The third-order valence-electron chi connectivity index (χ3n) is 3.15. The number of hydrogen-bond acceptors (Lipinski definition) is 4. The minimum Gasteiger partial charge on any atom is -0.497 e. The number of rotatable bonds is 5. The van der Waals surface area contributed by atoms with Crippen molar-refractivity contribution in [1.29, 1.82) is 5.26 Å². The minimum absolute atomic E-state index is 0.0230. The normalized spacial score (nSPS) is 10.2. The van der Waals surface area contributed by atoms with Gasteiger partial charge in [-0.05, 0) is 49.2 Å². The Kier molecular flexibility index (Phi) is 4.90. The van der Waals surface area contributed by atoms with E-state index in [1.807, 2.05) is 50.2 Å². The quantitative estimate of drug-likeness (QED) is 0.836. The zero-order chi connectivity index (χ0) is 16.1. The summed E-state index contributed by atoms with van der Waals surface area (Å²) < 4.78 is 16.2. The molecule has 0 saturated carbocycles. The Morgan fingerprint density at radius 1 is 0.909 bits per heavy atom. The summed E-state index contributed by atoms with van der Waals surface area (Å²) in [6.45, 7) is 3.87. The van der Waals surface area contributed by atoms with Crippen molar-refractivity contribution >= 4 is 0 Å². The fourth-order valence-electron chi connectivity index (χ4n) is 2.13. The molecule has 0 saturated heterocycles. The van der Waals surface area contributed by atoms with E-state index < -0.39 is 0 Å². The van der Waals surface area contributed by atoms with Gasteiger partial charge in [-0.15, -0.1) is 0 Å². The molecule has 2 aromatic rings. The Morgan fingerprint density at radius 3 is 2.05 bits per heavy atom. The number of nitrogens with zero attached hydrogens (tertiary/aromatic N) is 1. The Bertz CT molecular complexity index is 680. The Balaban J connectivity index is 2.47. The predicted molar refractivity (Wildman–Crippen MR) is 85.5 cm³/mol. The second-order valence-corrected chi connectivity index (χ2v) is 5.09. The van der Waals surface area contributed by atoms with Crippen LogP contribution in [0.3, 0.4) is 0 Å². The highest BCUT2D eigenvalue weighted by molar-refractivity contribution is 5.70. The van der Waals surface area contributed by atoms with Crippen LogP contribution in [0.15, 0.2) is 36.4 Å². The third-order valence-corrected chi connectivity index (χ3v) is 3.15. The summed E-state index contributed by atoms with van der Waals surface area (Å²) >= 11 is 0. The second-order valence-electron chi connectivity index (χ2n) is 5.09. The molecule has 0 unspecified atom stereocenters. The molecule has 0 heterocycles. The van der Waals surface area contributed by atoms with Gasteiger partial charge in [-0.3, -0.25) is 0 Å². The molecule has 0 aromatic heterocycles. The average molecular weight is 297 g/mol. The number of ether oxygens (including phenoxy) is 3. The van der Waals surface area contributed by atoms with Crippen molar-refractivity contribution in [3.8, 4) is 34.4 Å². The van der Waals surface area contributed by atoms with Gasteiger partial charge in [0.1, 0.15) is 23.3 Å². The smallest absolute Gasteiger partial charge is 0.137 e.